The van der Waals surface area contributed by atoms with E-state index in [9.17, 15) is 14.8 Å². The van der Waals surface area contributed by atoms with Gasteiger partial charge in [0.2, 0.25) is 0 Å². The minimum absolute atomic E-state index is 0.0432. The lowest BCUT2D eigenvalue weighted by Gasteiger charge is -2.50. The number of fused-ring (bicyclic) bond motifs is 5. The van der Waals surface area contributed by atoms with Crippen LogP contribution in [0.3, 0.4) is 0 Å². The third-order valence-electron chi connectivity index (χ3n) is 8.01. The van der Waals surface area contributed by atoms with E-state index in [1.165, 1.54) is 17.5 Å². The van der Waals surface area contributed by atoms with E-state index in [1.54, 1.807) is 0 Å². The normalized spacial score (nSPS) is 31.9. The van der Waals surface area contributed by atoms with E-state index in [1.807, 2.05) is 19.9 Å². The first-order chi connectivity index (χ1) is 14.7. The van der Waals surface area contributed by atoms with E-state index in [4.69, 9.17) is 4.74 Å². The van der Waals surface area contributed by atoms with Gasteiger partial charge in [0.1, 0.15) is 5.75 Å². The molecule has 3 aliphatic carbocycles. The summed E-state index contributed by atoms with van der Waals surface area (Å²) in [5, 5.41) is 13.4. The fraction of sp³-hybridized carbons (Fsp3) is 0.708. The number of nitrogens with zero attached hydrogens (tertiary/aromatic N) is 1. The lowest BCUT2D eigenvalue weighted by Crippen LogP contribution is -2.43. The van der Waals surface area contributed by atoms with Crippen molar-refractivity contribution in [2.24, 2.45) is 21.8 Å². The number of aliphatic hydroxyl groups excluding tert-OH is 1. The zero-order valence-corrected chi connectivity index (χ0v) is 19.5. The number of hydrogen-bond donors (Lipinski definition) is 2. The summed E-state index contributed by atoms with van der Waals surface area (Å²) in [4.78, 5) is 22.6. The minimum Gasteiger partial charge on any atom is -0.484 e. The molecule has 0 radical (unpaired) electrons. The zero-order chi connectivity index (χ0) is 22.2. The number of nitrogens with one attached hydrogen (secondary N) is 1. The molecule has 0 bridgehead atoms. The average molecular weight is 447 g/mol. The van der Waals surface area contributed by atoms with Gasteiger partial charge < -0.3 is 15.2 Å². The number of rotatable bonds is 7. The Kier molecular flexibility index (Phi) is 6.37. The molecule has 0 spiro atoms. The Bertz CT molecular complexity index is 845. The molecule has 6 nitrogen and oxygen atoms in total. The second-order valence-corrected chi connectivity index (χ2v) is 11.8. The molecule has 2 saturated carbocycles. The molecule has 31 heavy (non-hydrogen) atoms. The van der Waals surface area contributed by atoms with E-state index in [2.05, 4.69) is 29.0 Å². The number of nitroso groups, excluding NO2 is 1. The van der Waals surface area contributed by atoms with Crippen molar-refractivity contribution >= 4 is 17.9 Å². The summed E-state index contributed by atoms with van der Waals surface area (Å²) in [6.07, 6.45) is 6.43. The fourth-order valence-corrected chi connectivity index (χ4v) is 6.60. The molecule has 3 aliphatic rings. The maximum absolute atomic E-state index is 12.1. The van der Waals surface area contributed by atoms with Crippen LogP contribution in [-0.4, -0.2) is 35.0 Å². The van der Waals surface area contributed by atoms with Crippen molar-refractivity contribution in [3.63, 3.8) is 0 Å². The van der Waals surface area contributed by atoms with E-state index in [-0.39, 0.29) is 24.0 Å². The molecule has 2 N–H and O–H groups in total. The molecule has 7 heteroatoms. The van der Waals surface area contributed by atoms with Crippen LogP contribution in [0.1, 0.15) is 69.9 Å². The highest BCUT2D eigenvalue weighted by atomic mass is 32.2. The van der Waals surface area contributed by atoms with Crippen LogP contribution in [0.4, 0.5) is 0 Å². The predicted octanol–water partition coefficient (Wildman–Crippen LogP) is 4.59. The highest BCUT2D eigenvalue weighted by Crippen LogP contribution is 2.60. The van der Waals surface area contributed by atoms with Crippen LogP contribution >= 0.6 is 11.9 Å². The van der Waals surface area contributed by atoms with Gasteiger partial charge in [-0.2, -0.15) is 0 Å². The van der Waals surface area contributed by atoms with E-state index >= 15 is 0 Å². The lowest BCUT2D eigenvalue weighted by atomic mass is 9.55. The number of hydrogen-bond acceptors (Lipinski definition) is 6. The first-order valence-corrected chi connectivity index (χ1v) is 12.2. The first-order valence-electron chi connectivity index (χ1n) is 11.4. The molecule has 0 saturated heterocycles. The number of aliphatic hydroxyl groups is 1. The topological polar surface area (TPSA) is 88.0 Å². The van der Waals surface area contributed by atoms with Crippen molar-refractivity contribution in [1.29, 1.82) is 0 Å². The van der Waals surface area contributed by atoms with E-state index in [0.29, 0.717) is 24.3 Å². The number of ether oxygens (including phenoxy) is 1. The molecule has 1 amide bonds. The van der Waals surface area contributed by atoms with Gasteiger partial charge in [-0.15, -0.1) is 4.91 Å². The van der Waals surface area contributed by atoms with Crippen LogP contribution in [0.5, 0.6) is 5.75 Å². The van der Waals surface area contributed by atoms with Crippen LogP contribution < -0.4 is 10.1 Å². The molecule has 1 aromatic carbocycles. The molecular weight excluding hydrogens is 412 g/mol. The molecule has 4 rings (SSSR count). The summed E-state index contributed by atoms with van der Waals surface area (Å²) in [6, 6.07) is 6.29. The van der Waals surface area contributed by atoms with Gasteiger partial charge in [0, 0.05) is 23.1 Å². The van der Waals surface area contributed by atoms with Gasteiger partial charge in [-0.3, -0.25) is 4.79 Å². The molecule has 0 aromatic heterocycles. The zero-order valence-electron chi connectivity index (χ0n) is 18.7. The second kappa shape index (κ2) is 8.74. The van der Waals surface area contributed by atoms with Gasteiger partial charge in [0.25, 0.3) is 5.91 Å². The monoisotopic (exact) mass is 446 g/mol. The first kappa shape index (κ1) is 22.6. The Morgan fingerprint density at radius 3 is 2.90 bits per heavy atom. The Morgan fingerprint density at radius 2 is 2.13 bits per heavy atom. The molecule has 2 fully saturated rings. The Hall–Kier alpha value is -1.60. The molecular formula is C24H34N2O4S. The molecule has 170 valence electrons. The Labute approximate surface area is 189 Å². The van der Waals surface area contributed by atoms with E-state index in [0.717, 1.165) is 49.8 Å². The van der Waals surface area contributed by atoms with E-state index < -0.39 is 4.75 Å². The van der Waals surface area contributed by atoms with Gasteiger partial charge in [0.15, 0.2) is 6.61 Å². The van der Waals surface area contributed by atoms with Crippen molar-refractivity contribution in [2.45, 2.75) is 76.1 Å². The summed E-state index contributed by atoms with van der Waals surface area (Å²) >= 11 is 0.920. The standard InChI is InChI=1S/C24H34N2O4S/c1-23(2,31-26-29)14-25-22(28)13-30-16-5-7-17-15(12-16)4-6-19-18(17)10-11-24(3)20(19)8-9-21(24)27/h5,7,12,18-21,27H,4,6,8-11,13-14H2,1-3H3,(H,25,28)/t18-,19-,20+,21+,24+/m1/s1. The fourth-order valence-electron chi connectivity index (χ4n) is 6.27. The predicted molar refractivity (Wildman–Crippen MR) is 123 cm³/mol. The van der Waals surface area contributed by atoms with Crippen molar-refractivity contribution in [1.82, 2.24) is 5.32 Å². The summed E-state index contributed by atoms with van der Waals surface area (Å²) < 4.78 is 8.16. The van der Waals surface area contributed by atoms with Crippen molar-refractivity contribution in [3.05, 3.63) is 34.2 Å². The van der Waals surface area contributed by atoms with Crippen LogP contribution in [0, 0.1) is 22.2 Å². The largest absolute Gasteiger partial charge is 0.484 e. The summed E-state index contributed by atoms with van der Waals surface area (Å²) in [6.45, 7) is 6.33. The molecule has 1 aromatic rings. The number of carbonyl (C=O) groups is 1. The highest BCUT2D eigenvalue weighted by molar-refractivity contribution is 7.99. The smallest absolute Gasteiger partial charge is 0.257 e. The van der Waals surface area contributed by atoms with Gasteiger partial charge >= 0.3 is 0 Å². The third kappa shape index (κ3) is 4.49. The van der Waals surface area contributed by atoms with Gasteiger partial charge in [-0.1, -0.05) is 13.0 Å². The quantitative estimate of drug-likeness (QED) is 0.472. The summed E-state index contributed by atoms with van der Waals surface area (Å²) in [7, 11) is 0. The van der Waals surface area contributed by atoms with Crippen molar-refractivity contribution in [3.8, 4) is 5.75 Å². The number of aryl methyl sites for hydroxylation is 1. The summed E-state index contributed by atoms with van der Waals surface area (Å²) in [5.41, 5.74) is 2.89. The average Bonchev–Trinajstić information content (AvgIpc) is 3.05. The van der Waals surface area contributed by atoms with Crippen LogP contribution in [0.2, 0.25) is 0 Å². The van der Waals surface area contributed by atoms with Gasteiger partial charge in [0.05, 0.1) is 10.9 Å². The van der Waals surface area contributed by atoms with Gasteiger partial charge in [-0.25, -0.2) is 0 Å². The molecule has 0 unspecified atom stereocenters. The van der Waals surface area contributed by atoms with Gasteiger partial charge in [-0.05, 0) is 98.8 Å². The maximum atomic E-state index is 12.1. The Morgan fingerprint density at radius 1 is 1.32 bits per heavy atom. The molecule has 0 aliphatic heterocycles. The maximum Gasteiger partial charge on any atom is 0.257 e. The lowest BCUT2D eigenvalue weighted by molar-refractivity contribution is -0.123. The number of amides is 1. The second-order valence-electron chi connectivity index (χ2n) is 10.4. The minimum atomic E-state index is -0.439. The van der Waals surface area contributed by atoms with Crippen molar-refractivity contribution < 1.29 is 14.6 Å². The van der Waals surface area contributed by atoms with Crippen LogP contribution in [0.15, 0.2) is 22.8 Å². The molecule has 5 atom stereocenters. The Balaban J connectivity index is 1.36. The van der Waals surface area contributed by atoms with Crippen molar-refractivity contribution in [2.75, 3.05) is 13.2 Å². The third-order valence-corrected chi connectivity index (χ3v) is 8.73. The van der Waals surface area contributed by atoms with Crippen LogP contribution in [-0.2, 0) is 11.2 Å². The number of benzene rings is 1. The molecule has 0 heterocycles. The SMILES string of the molecule is CC(C)(CNC(=O)COc1ccc2c(c1)CC[C@@H]1[C@@H]2CC[C@]2(C)[C@@H](O)CC[C@@H]12)SN=O. The van der Waals surface area contributed by atoms with Crippen LogP contribution in [0.25, 0.3) is 0 Å². The highest BCUT2D eigenvalue weighted by Gasteiger charge is 2.54. The summed E-state index contributed by atoms with van der Waals surface area (Å²) in [5.74, 6) is 2.40. The number of carbonyl (C=O) groups excluding carboxylic acids is 1.